The maximum Gasteiger partial charge on any atom is 0.242 e. The minimum atomic E-state index is 0.0970. The van der Waals surface area contributed by atoms with Crippen molar-refractivity contribution in [2.75, 3.05) is 19.7 Å². The highest BCUT2D eigenvalue weighted by atomic mass is 32.1. The Balaban J connectivity index is 1.83. The molecule has 0 radical (unpaired) electrons. The fourth-order valence-electron chi connectivity index (χ4n) is 2.71. The van der Waals surface area contributed by atoms with Crippen molar-refractivity contribution < 1.29 is 9.53 Å². The lowest BCUT2D eigenvalue weighted by atomic mass is 10.1. The minimum absolute atomic E-state index is 0.0970. The van der Waals surface area contributed by atoms with Crippen molar-refractivity contribution in [1.29, 1.82) is 0 Å². The molecule has 0 N–H and O–H groups in total. The van der Waals surface area contributed by atoms with Gasteiger partial charge in [0.15, 0.2) is 3.95 Å². The van der Waals surface area contributed by atoms with Gasteiger partial charge in [-0.3, -0.25) is 4.79 Å². The summed E-state index contributed by atoms with van der Waals surface area (Å²) in [7, 11) is 0. The molecule has 0 spiro atoms. The quantitative estimate of drug-likeness (QED) is 0.796. The number of carbonyl (C=O) groups excluding carboxylic acids is 1. The van der Waals surface area contributed by atoms with Crippen molar-refractivity contribution in [3.63, 3.8) is 0 Å². The van der Waals surface area contributed by atoms with Crippen molar-refractivity contribution in [3.8, 4) is 11.3 Å². The van der Waals surface area contributed by atoms with E-state index in [-0.39, 0.29) is 18.6 Å². The van der Waals surface area contributed by atoms with Crippen molar-refractivity contribution >= 4 is 29.5 Å². The Morgan fingerprint density at radius 2 is 2.13 bits per heavy atom. The molecule has 1 fully saturated rings. The lowest BCUT2D eigenvalue weighted by Crippen LogP contribution is -2.45. The summed E-state index contributed by atoms with van der Waals surface area (Å²) < 4.78 is 8.17. The number of rotatable bonds is 3. The van der Waals surface area contributed by atoms with Gasteiger partial charge in [-0.05, 0) is 31.6 Å². The van der Waals surface area contributed by atoms with Crippen molar-refractivity contribution in [3.05, 3.63) is 39.2 Å². The van der Waals surface area contributed by atoms with Crippen LogP contribution >= 0.6 is 23.6 Å². The summed E-state index contributed by atoms with van der Waals surface area (Å²) in [6.07, 6.45) is 0.0970. The Labute approximate surface area is 145 Å². The molecule has 0 aliphatic carbocycles. The standard InChI is InChI=1S/C17H20N2O2S2/c1-12-3-5-14(6-4-12)15-11-23-17(22)19(15)10-16(20)18-7-8-21-13(2)9-18/h3-6,11,13H,7-10H2,1-2H3. The van der Waals surface area contributed by atoms with Crippen LogP contribution in [0.3, 0.4) is 0 Å². The van der Waals surface area contributed by atoms with Crippen LogP contribution in [-0.2, 0) is 16.1 Å². The average molecular weight is 348 g/mol. The van der Waals surface area contributed by atoms with Gasteiger partial charge < -0.3 is 14.2 Å². The van der Waals surface area contributed by atoms with E-state index in [4.69, 9.17) is 17.0 Å². The van der Waals surface area contributed by atoms with Gasteiger partial charge >= 0.3 is 0 Å². The first-order chi connectivity index (χ1) is 11.0. The van der Waals surface area contributed by atoms with Crippen LogP contribution in [0.1, 0.15) is 12.5 Å². The number of aromatic nitrogens is 1. The molecular weight excluding hydrogens is 328 g/mol. The Morgan fingerprint density at radius 1 is 1.39 bits per heavy atom. The topological polar surface area (TPSA) is 34.5 Å². The molecule has 1 saturated heterocycles. The molecule has 3 rings (SSSR count). The second-order valence-corrected chi connectivity index (χ2v) is 7.36. The second-order valence-electron chi connectivity index (χ2n) is 5.86. The average Bonchev–Trinajstić information content (AvgIpc) is 2.89. The molecule has 0 saturated carbocycles. The molecular formula is C17H20N2O2S2. The lowest BCUT2D eigenvalue weighted by Gasteiger charge is -2.31. The zero-order chi connectivity index (χ0) is 16.4. The van der Waals surface area contributed by atoms with Crippen LogP contribution in [0, 0.1) is 10.9 Å². The highest BCUT2D eigenvalue weighted by Gasteiger charge is 2.22. The first kappa shape index (κ1) is 16.4. The van der Waals surface area contributed by atoms with Crippen LogP contribution < -0.4 is 0 Å². The number of ether oxygens (including phenoxy) is 1. The molecule has 1 atom stereocenters. The van der Waals surface area contributed by atoms with Crippen LogP contribution in [0.5, 0.6) is 0 Å². The lowest BCUT2D eigenvalue weighted by molar-refractivity contribution is -0.138. The van der Waals surface area contributed by atoms with Crippen LogP contribution in [0.15, 0.2) is 29.6 Å². The van der Waals surface area contributed by atoms with Gasteiger partial charge in [-0.15, -0.1) is 11.3 Å². The van der Waals surface area contributed by atoms with Gasteiger partial charge in [0, 0.05) is 18.5 Å². The molecule has 23 heavy (non-hydrogen) atoms. The number of carbonyl (C=O) groups is 1. The highest BCUT2D eigenvalue weighted by Crippen LogP contribution is 2.24. The molecule has 2 heterocycles. The van der Waals surface area contributed by atoms with Gasteiger partial charge in [0.25, 0.3) is 0 Å². The first-order valence-corrected chi connectivity index (χ1v) is 8.98. The molecule has 2 aromatic rings. The van der Waals surface area contributed by atoms with Gasteiger partial charge in [-0.1, -0.05) is 29.8 Å². The van der Waals surface area contributed by atoms with Gasteiger partial charge in [-0.2, -0.15) is 0 Å². The third-order valence-electron chi connectivity index (χ3n) is 4.02. The monoisotopic (exact) mass is 348 g/mol. The van der Waals surface area contributed by atoms with E-state index >= 15 is 0 Å². The highest BCUT2D eigenvalue weighted by molar-refractivity contribution is 7.73. The summed E-state index contributed by atoms with van der Waals surface area (Å²) in [6, 6.07) is 8.30. The molecule has 1 aliphatic rings. The fraction of sp³-hybridized carbons (Fsp3) is 0.412. The number of thiazole rings is 1. The number of amides is 1. The molecule has 1 unspecified atom stereocenters. The number of benzene rings is 1. The summed E-state index contributed by atoms with van der Waals surface area (Å²) >= 11 is 6.93. The summed E-state index contributed by atoms with van der Waals surface area (Å²) in [5.41, 5.74) is 3.31. The number of hydrogen-bond donors (Lipinski definition) is 0. The Bertz CT molecular complexity index is 749. The summed E-state index contributed by atoms with van der Waals surface area (Å²) in [5.74, 6) is 0.100. The van der Waals surface area contributed by atoms with Crippen molar-refractivity contribution in [1.82, 2.24) is 9.47 Å². The maximum atomic E-state index is 12.6. The van der Waals surface area contributed by atoms with Gasteiger partial charge in [0.1, 0.15) is 6.54 Å². The van der Waals surface area contributed by atoms with Crippen LogP contribution in [0.4, 0.5) is 0 Å². The maximum absolute atomic E-state index is 12.6. The number of aryl methyl sites for hydroxylation is 1. The van der Waals surface area contributed by atoms with E-state index in [0.717, 1.165) is 15.2 Å². The zero-order valence-electron chi connectivity index (χ0n) is 13.3. The third kappa shape index (κ3) is 3.71. The van der Waals surface area contributed by atoms with Crippen LogP contribution in [-0.4, -0.2) is 41.2 Å². The largest absolute Gasteiger partial charge is 0.375 e. The molecule has 6 heteroatoms. The van der Waals surface area contributed by atoms with E-state index < -0.39 is 0 Å². The van der Waals surface area contributed by atoms with E-state index in [9.17, 15) is 4.79 Å². The Hall–Kier alpha value is -1.50. The predicted octanol–water partition coefficient (Wildman–Crippen LogP) is 3.50. The van der Waals surface area contributed by atoms with Crippen LogP contribution in [0.2, 0.25) is 0 Å². The predicted molar refractivity (Wildman–Crippen MR) is 95.3 cm³/mol. The number of morpholine rings is 1. The van der Waals surface area contributed by atoms with Crippen LogP contribution in [0.25, 0.3) is 11.3 Å². The summed E-state index contributed by atoms with van der Waals surface area (Å²) in [6.45, 7) is 6.25. The summed E-state index contributed by atoms with van der Waals surface area (Å²) in [5, 5.41) is 2.03. The number of nitrogens with zero attached hydrogens (tertiary/aromatic N) is 2. The van der Waals surface area contributed by atoms with Crippen molar-refractivity contribution in [2.45, 2.75) is 26.5 Å². The van der Waals surface area contributed by atoms with E-state index in [2.05, 4.69) is 31.2 Å². The minimum Gasteiger partial charge on any atom is -0.375 e. The molecule has 1 aromatic carbocycles. The van der Waals surface area contributed by atoms with Gasteiger partial charge in [0.05, 0.1) is 18.4 Å². The normalized spacial score (nSPS) is 18.2. The Morgan fingerprint density at radius 3 is 2.83 bits per heavy atom. The molecule has 1 amide bonds. The molecule has 0 bridgehead atoms. The van der Waals surface area contributed by atoms with Gasteiger partial charge in [0.2, 0.25) is 5.91 Å². The number of hydrogen-bond acceptors (Lipinski definition) is 4. The summed E-state index contributed by atoms with van der Waals surface area (Å²) in [4.78, 5) is 14.5. The first-order valence-electron chi connectivity index (χ1n) is 7.69. The smallest absolute Gasteiger partial charge is 0.242 e. The molecule has 1 aromatic heterocycles. The van der Waals surface area contributed by atoms with E-state index in [1.54, 1.807) is 0 Å². The van der Waals surface area contributed by atoms with E-state index in [1.165, 1.54) is 16.9 Å². The van der Waals surface area contributed by atoms with E-state index in [1.807, 2.05) is 21.8 Å². The molecule has 122 valence electrons. The molecule has 1 aliphatic heterocycles. The Kier molecular flexibility index (Phi) is 4.94. The SMILES string of the molecule is Cc1ccc(-c2csc(=S)n2CC(=O)N2CCOC(C)C2)cc1. The second kappa shape index (κ2) is 6.95. The van der Waals surface area contributed by atoms with Crippen molar-refractivity contribution in [2.24, 2.45) is 0 Å². The fourth-order valence-corrected chi connectivity index (χ4v) is 3.78. The van der Waals surface area contributed by atoms with Gasteiger partial charge in [-0.25, -0.2) is 0 Å². The third-order valence-corrected chi connectivity index (χ3v) is 5.29. The van der Waals surface area contributed by atoms with E-state index in [0.29, 0.717) is 19.7 Å². The zero-order valence-corrected chi connectivity index (χ0v) is 15.0. The molecule has 4 nitrogen and oxygen atoms in total.